The normalized spacial score (nSPS) is 26.6. The average Bonchev–Trinajstić information content (AvgIpc) is 3.18. The van der Waals surface area contributed by atoms with Crippen molar-refractivity contribution in [1.29, 1.82) is 0 Å². The minimum Gasteiger partial charge on any atom is -0.318 e. The van der Waals surface area contributed by atoms with Gasteiger partial charge in [0.05, 0.1) is 0 Å². The fourth-order valence-corrected chi connectivity index (χ4v) is 4.88. The molecular formula is C14H29N3O2S. The Morgan fingerprint density at radius 3 is 2.65 bits per heavy atom. The number of nitrogens with one attached hydrogen (secondary N) is 2. The number of piperidine rings is 1. The molecule has 1 unspecified atom stereocenters. The zero-order chi connectivity index (χ0) is 14.6. The van der Waals surface area contributed by atoms with Gasteiger partial charge in [-0.3, -0.25) is 0 Å². The Kier molecular flexibility index (Phi) is 5.45. The van der Waals surface area contributed by atoms with Gasteiger partial charge >= 0.3 is 0 Å². The van der Waals surface area contributed by atoms with Gasteiger partial charge in [-0.1, -0.05) is 19.8 Å². The van der Waals surface area contributed by atoms with E-state index in [1.165, 1.54) is 12.8 Å². The van der Waals surface area contributed by atoms with Crippen LogP contribution in [0.4, 0.5) is 0 Å². The highest BCUT2D eigenvalue weighted by molar-refractivity contribution is 7.87. The standard InChI is InChI=1S/C14H29N3O2S/c1-3-7-14(8-9-14)12-16-20(18,19)17-10-5-4-6-13(17)11-15-2/h13,15-16H,3-12H2,1-2H3. The fraction of sp³-hybridized carbons (Fsp3) is 1.00. The predicted octanol–water partition coefficient (Wildman–Crippen LogP) is 1.48. The summed E-state index contributed by atoms with van der Waals surface area (Å²) >= 11 is 0. The molecule has 1 aliphatic carbocycles. The summed E-state index contributed by atoms with van der Waals surface area (Å²) in [4.78, 5) is 0. The van der Waals surface area contributed by atoms with Crippen LogP contribution >= 0.6 is 0 Å². The van der Waals surface area contributed by atoms with Gasteiger partial charge in [0.1, 0.15) is 0 Å². The molecule has 20 heavy (non-hydrogen) atoms. The lowest BCUT2D eigenvalue weighted by Gasteiger charge is -2.35. The summed E-state index contributed by atoms with van der Waals surface area (Å²) in [5, 5.41) is 3.11. The van der Waals surface area contributed by atoms with Crippen LogP contribution in [0.1, 0.15) is 51.9 Å². The van der Waals surface area contributed by atoms with Gasteiger partial charge in [-0.25, -0.2) is 4.72 Å². The van der Waals surface area contributed by atoms with E-state index >= 15 is 0 Å². The lowest BCUT2D eigenvalue weighted by atomic mass is 10.0. The van der Waals surface area contributed by atoms with Gasteiger partial charge in [0.25, 0.3) is 10.2 Å². The largest absolute Gasteiger partial charge is 0.318 e. The molecule has 2 fully saturated rings. The molecule has 1 saturated heterocycles. The third-order valence-electron chi connectivity index (χ3n) is 4.69. The first-order valence-corrected chi connectivity index (χ1v) is 9.38. The second kappa shape index (κ2) is 6.73. The van der Waals surface area contributed by atoms with Crippen LogP contribution in [0.15, 0.2) is 0 Å². The van der Waals surface area contributed by atoms with Crippen molar-refractivity contribution >= 4 is 10.2 Å². The van der Waals surface area contributed by atoms with E-state index in [9.17, 15) is 8.42 Å². The van der Waals surface area contributed by atoms with Gasteiger partial charge in [-0.05, 0) is 44.6 Å². The third kappa shape index (κ3) is 3.93. The topological polar surface area (TPSA) is 61.4 Å². The Morgan fingerprint density at radius 2 is 2.05 bits per heavy atom. The summed E-state index contributed by atoms with van der Waals surface area (Å²) in [7, 11) is -1.44. The molecular weight excluding hydrogens is 274 g/mol. The van der Waals surface area contributed by atoms with Crippen molar-refractivity contribution in [3.05, 3.63) is 0 Å². The van der Waals surface area contributed by atoms with Gasteiger partial charge in [0.2, 0.25) is 0 Å². The van der Waals surface area contributed by atoms with Crippen LogP contribution in [0.5, 0.6) is 0 Å². The SMILES string of the molecule is CCCC1(CNS(=O)(=O)N2CCCCC2CNC)CC1. The molecule has 0 bridgehead atoms. The van der Waals surface area contributed by atoms with E-state index in [4.69, 9.17) is 0 Å². The molecule has 0 amide bonds. The zero-order valence-electron chi connectivity index (χ0n) is 12.8. The number of nitrogens with zero attached hydrogens (tertiary/aromatic N) is 1. The highest BCUT2D eigenvalue weighted by Crippen LogP contribution is 2.49. The monoisotopic (exact) mass is 303 g/mol. The molecule has 2 aliphatic rings. The van der Waals surface area contributed by atoms with E-state index in [2.05, 4.69) is 17.0 Å². The van der Waals surface area contributed by atoms with Crippen molar-refractivity contribution in [3.8, 4) is 0 Å². The first kappa shape index (κ1) is 16.2. The smallest absolute Gasteiger partial charge is 0.279 e. The number of likely N-dealkylation sites (N-methyl/N-ethyl adjacent to an activating group) is 1. The van der Waals surface area contributed by atoms with Crippen LogP contribution in [0.25, 0.3) is 0 Å². The maximum atomic E-state index is 12.5. The van der Waals surface area contributed by atoms with E-state index in [1.54, 1.807) is 4.31 Å². The molecule has 2 rings (SSSR count). The maximum absolute atomic E-state index is 12.5. The molecule has 1 heterocycles. The minimum absolute atomic E-state index is 0.104. The summed E-state index contributed by atoms with van der Waals surface area (Å²) in [6.45, 7) is 4.18. The number of hydrogen-bond donors (Lipinski definition) is 2. The molecule has 0 radical (unpaired) electrons. The van der Waals surface area contributed by atoms with E-state index in [-0.39, 0.29) is 11.5 Å². The summed E-state index contributed by atoms with van der Waals surface area (Å²) in [5.41, 5.74) is 0.260. The summed E-state index contributed by atoms with van der Waals surface area (Å²) in [6, 6.07) is 0.104. The molecule has 1 atom stereocenters. The first-order chi connectivity index (χ1) is 9.53. The van der Waals surface area contributed by atoms with E-state index in [0.717, 1.165) is 38.6 Å². The van der Waals surface area contributed by atoms with Crippen LogP contribution in [0.3, 0.4) is 0 Å². The Bertz CT molecular complexity index is 405. The van der Waals surface area contributed by atoms with Gasteiger partial charge in [0.15, 0.2) is 0 Å². The lowest BCUT2D eigenvalue weighted by Crippen LogP contribution is -2.52. The van der Waals surface area contributed by atoms with Crippen molar-refractivity contribution in [2.45, 2.75) is 57.9 Å². The van der Waals surface area contributed by atoms with Gasteiger partial charge in [0, 0.05) is 25.7 Å². The van der Waals surface area contributed by atoms with Gasteiger partial charge in [-0.2, -0.15) is 12.7 Å². The third-order valence-corrected chi connectivity index (χ3v) is 6.30. The molecule has 1 saturated carbocycles. The Morgan fingerprint density at radius 1 is 1.30 bits per heavy atom. The van der Waals surface area contributed by atoms with Crippen LogP contribution < -0.4 is 10.0 Å². The number of rotatable bonds is 8. The molecule has 6 heteroatoms. The van der Waals surface area contributed by atoms with Crippen LogP contribution in [0, 0.1) is 5.41 Å². The average molecular weight is 303 g/mol. The van der Waals surface area contributed by atoms with E-state index in [1.807, 2.05) is 7.05 Å². The van der Waals surface area contributed by atoms with Crippen LogP contribution in [0.2, 0.25) is 0 Å². The van der Waals surface area contributed by atoms with Crippen molar-refractivity contribution in [1.82, 2.24) is 14.3 Å². The summed E-state index contributed by atoms with van der Waals surface area (Å²) in [5.74, 6) is 0. The second-order valence-corrected chi connectivity index (χ2v) is 8.10. The fourth-order valence-electron chi connectivity index (χ4n) is 3.28. The molecule has 5 nitrogen and oxygen atoms in total. The molecule has 0 aromatic heterocycles. The van der Waals surface area contributed by atoms with E-state index in [0.29, 0.717) is 13.1 Å². The highest BCUT2D eigenvalue weighted by Gasteiger charge is 2.43. The first-order valence-electron chi connectivity index (χ1n) is 7.94. The highest BCUT2D eigenvalue weighted by atomic mass is 32.2. The zero-order valence-corrected chi connectivity index (χ0v) is 13.6. The summed E-state index contributed by atoms with van der Waals surface area (Å²) < 4.78 is 29.6. The van der Waals surface area contributed by atoms with Crippen LogP contribution in [-0.2, 0) is 10.2 Å². The van der Waals surface area contributed by atoms with Crippen molar-refractivity contribution < 1.29 is 8.42 Å². The van der Waals surface area contributed by atoms with Crippen molar-refractivity contribution in [2.24, 2.45) is 5.41 Å². The molecule has 1 aliphatic heterocycles. The van der Waals surface area contributed by atoms with Crippen LogP contribution in [-0.4, -0.2) is 45.4 Å². The molecule has 0 aromatic carbocycles. The lowest BCUT2D eigenvalue weighted by molar-refractivity contribution is 0.245. The molecule has 2 N–H and O–H groups in total. The second-order valence-electron chi connectivity index (χ2n) is 6.39. The maximum Gasteiger partial charge on any atom is 0.279 e. The van der Waals surface area contributed by atoms with Crippen molar-refractivity contribution in [3.63, 3.8) is 0 Å². The molecule has 0 spiro atoms. The minimum atomic E-state index is -3.32. The van der Waals surface area contributed by atoms with E-state index < -0.39 is 10.2 Å². The Hall–Kier alpha value is -0.170. The molecule has 0 aromatic rings. The summed E-state index contributed by atoms with van der Waals surface area (Å²) in [6.07, 6.45) is 7.66. The quantitative estimate of drug-likeness (QED) is 0.714. The number of hydrogen-bond acceptors (Lipinski definition) is 3. The Balaban J connectivity index is 1.94. The Labute approximate surface area is 123 Å². The van der Waals surface area contributed by atoms with Crippen molar-refractivity contribution in [2.75, 3.05) is 26.7 Å². The predicted molar refractivity (Wildman–Crippen MR) is 81.8 cm³/mol. The molecule has 118 valence electrons. The van der Waals surface area contributed by atoms with Gasteiger partial charge < -0.3 is 5.32 Å². The van der Waals surface area contributed by atoms with Gasteiger partial charge in [-0.15, -0.1) is 0 Å².